The summed E-state index contributed by atoms with van der Waals surface area (Å²) >= 11 is 1.00. The van der Waals surface area contributed by atoms with E-state index in [9.17, 15) is 19.5 Å². The van der Waals surface area contributed by atoms with Crippen molar-refractivity contribution in [2.24, 2.45) is 5.92 Å². The summed E-state index contributed by atoms with van der Waals surface area (Å²) in [6.07, 6.45) is 2.81. The number of halogens is 1. The lowest BCUT2D eigenvalue weighted by molar-refractivity contribution is -0.123. The van der Waals surface area contributed by atoms with Gasteiger partial charge in [-0.25, -0.2) is 14.2 Å². The van der Waals surface area contributed by atoms with Crippen molar-refractivity contribution in [2.45, 2.75) is 6.42 Å². The fourth-order valence-electron chi connectivity index (χ4n) is 4.75. The van der Waals surface area contributed by atoms with Crippen LogP contribution in [0.25, 0.3) is 16.2 Å². The Balaban J connectivity index is 1.29. The van der Waals surface area contributed by atoms with Crippen LogP contribution in [0.5, 0.6) is 5.75 Å². The molecule has 212 valence electrons. The van der Waals surface area contributed by atoms with Crippen molar-refractivity contribution in [3.63, 3.8) is 0 Å². The number of methoxy groups -OCH3 is 1. The SMILES string of the molecule is COc1ccc(CC(=O)C2CN(c3nc4c(cc3F)c(=O)c(C(=O)O)cn4-c3nc(N4CCOCC4)ns3)C2)nc1. The van der Waals surface area contributed by atoms with E-state index < -0.39 is 22.8 Å². The molecule has 0 radical (unpaired) electrons. The van der Waals surface area contributed by atoms with Crippen molar-refractivity contribution in [1.29, 1.82) is 0 Å². The van der Waals surface area contributed by atoms with E-state index in [0.29, 0.717) is 43.7 Å². The fraction of sp³-hybridized carbons (Fsp3) is 0.346. The Morgan fingerprint density at radius 2 is 1.98 bits per heavy atom. The highest BCUT2D eigenvalue weighted by Crippen LogP contribution is 2.30. The standard InChI is InChI=1S/C26H24FN7O6S/c1-39-16-3-2-15(28-10-16)8-20(35)14-11-33(12-14)23-19(27)9-17-21(36)18(24(37)38)13-34(22(17)29-23)26-30-25(31-41-26)32-4-6-40-7-5-32/h2-3,9-10,13-14H,4-8,11-12H2,1H3,(H,37,38). The third-order valence-electron chi connectivity index (χ3n) is 7.07. The first-order valence-corrected chi connectivity index (χ1v) is 13.5. The van der Waals surface area contributed by atoms with Crippen molar-refractivity contribution in [3.8, 4) is 10.9 Å². The summed E-state index contributed by atoms with van der Waals surface area (Å²) in [6, 6.07) is 4.44. The summed E-state index contributed by atoms with van der Waals surface area (Å²) < 4.78 is 31.5. The molecule has 0 unspecified atom stereocenters. The first kappa shape index (κ1) is 26.7. The highest BCUT2D eigenvalue weighted by Gasteiger charge is 2.35. The molecular formula is C26H24FN7O6S. The number of aromatic nitrogens is 5. The van der Waals surface area contributed by atoms with E-state index in [-0.39, 0.29) is 53.2 Å². The van der Waals surface area contributed by atoms with Gasteiger partial charge in [0.1, 0.15) is 17.1 Å². The third kappa shape index (κ3) is 5.09. The normalized spacial score (nSPS) is 15.7. The second-order valence-corrected chi connectivity index (χ2v) is 10.4. The molecule has 4 aromatic heterocycles. The summed E-state index contributed by atoms with van der Waals surface area (Å²) in [5.41, 5.74) is -0.756. The van der Waals surface area contributed by atoms with Gasteiger partial charge in [-0.2, -0.15) is 9.36 Å². The highest BCUT2D eigenvalue weighted by atomic mass is 32.1. The largest absolute Gasteiger partial charge is 0.495 e. The molecule has 0 amide bonds. The molecule has 41 heavy (non-hydrogen) atoms. The molecule has 2 fully saturated rings. The quantitative estimate of drug-likeness (QED) is 0.321. The summed E-state index contributed by atoms with van der Waals surface area (Å²) in [5, 5.41) is 9.71. The average molecular weight is 582 g/mol. The molecular weight excluding hydrogens is 557 g/mol. The molecule has 0 atom stereocenters. The number of Topliss-reactive ketones (excluding diaryl/α,β-unsaturated/α-hetero) is 1. The molecule has 6 rings (SSSR count). The van der Waals surface area contributed by atoms with Gasteiger partial charge in [-0.05, 0) is 18.2 Å². The Bertz CT molecular complexity index is 1700. The minimum atomic E-state index is -1.46. The van der Waals surface area contributed by atoms with Gasteiger partial charge in [0.15, 0.2) is 17.3 Å². The maximum absolute atomic E-state index is 15.3. The summed E-state index contributed by atoms with van der Waals surface area (Å²) in [7, 11) is 1.53. The van der Waals surface area contributed by atoms with Crippen LogP contribution in [-0.4, -0.2) is 87.3 Å². The molecule has 15 heteroatoms. The van der Waals surface area contributed by atoms with Crippen LogP contribution in [0.2, 0.25) is 0 Å². The number of carbonyl (C=O) groups is 2. The number of morpholine rings is 1. The van der Waals surface area contributed by atoms with Crippen LogP contribution in [0.3, 0.4) is 0 Å². The second-order valence-electron chi connectivity index (χ2n) is 9.62. The van der Waals surface area contributed by atoms with Gasteiger partial charge in [-0.3, -0.25) is 19.1 Å². The highest BCUT2D eigenvalue weighted by molar-refractivity contribution is 7.08. The number of ether oxygens (including phenoxy) is 2. The predicted octanol–water partition coefficient (Wildman–Crippen LogP) is 1.56. The minimum absolute atomic E-state index is 0.0346. The smallest absolute Gasteiger partial charge is 0.341 e. The van der Waals surface area contributed by atoms with Crippen LogP contribution in [0.1, 0.15) is 16.1 Å². The van der Waals surface area contributed by atoms with E-state index in [2.05, 4.69) is 19.3 Å². The molecule has 0 aromatic carbocycles. The number of hydrogen-bond acceptors (Lipinski definition) is 12. The van der Waals surface area contributed by atoms with Gasteiger partial charge in [0.25, 0.3) is 0 Å². The monoisotopic (exact) mass is 581 g/mol. The molecule has 2 aliphatic heterocycles. The maximum Gasteiger partial charge on any atom is 0.341 e. The summed E-state index contributed by atoms with van der Waals surface area (Å²) in [5.74, 6) is -1.64. The Hall–Kier alpha value is -4.50. The lowest BCUT2D eigenvalue weighted by Gasteiger charge is -2.39. The number of anilines is 2. The Morgan fingerprint density at radius 1 is 1.20 bits per heavy atom. The molecule has 0 spiro atoms. The first-order valence-electron chi connectivity index (χ1n) is 12.7. The molecule has 0 bridgehead atoms. The number of fused-ring (bicyclic) bond motifs is 1. The number of carboxylic acid groups (broad SMARTS) is 1. The second kappa shape index (κ2) is 10.8. The third-order valence-corrected chi connectivity index (χ3v) is 7.78. The van der Waals surface area contributed by atoms with E-state index in [1.165, 1.54) is 11.7 Å². The van der Waals surface area contributed by atoms with E-state index in [1.807, 2.05) is 4.90 Å². The minimum Gasteiger partial charge on any atom is -0.495 e. The van der Waals surface area contributed by atoms with Crippen LogP contribution >= 0.6 is 11.5 Å². The molecule has 13 nitrogen and oxygen atoms in total. The van der Waals surface area contributed by atoms with Crippen molar-refractivity contribution in [3.05, 3.63) is 57.9 Å². The zero-order valence-corrected chi connectivity index (χ0v) is 22.6. The number of hydrogen-bond donors (Lipinski definition) is 1. The van der Waals surface area contributed by atoms with Crippen molar-refractivity contribution in [2.75, 3.05) is 56.3 Å². The Morgan fingerprint density at radius 3 is 2.66 bits per heavy atom. The van der Waals surface area contributed by atoms with Gasteiger partial charge in [-0.1, -0.05) is 0 Å². The summed E-state index contributed by atoms with van der Waals surface area (Å²) in [6.45, 7) is 2.72. The zero-order valence-electron chi connectivity index (χ0n) is 21.8. The van der Waals surface area contributed by atoms with Crippen LogP contribution in [0.4, 0.5) is 16.2 Å². The van der Waals surface area contributed by atoms with Gasteiger partial charge in [-0.15, -0.1) is 0 Å². The number of pyridine rings is 3. The van der Waals surface area contributed by atoms with Crippen LogP contribution in [0.15, 0.2) is 35.4 Å². The molecule has 1 N–H and O–H groups in total. The number of rotatable bonds is 8. The fourth-order valence-corrected chi connectivity index (χ4v) is 5.42. The van der Waals surface area contributed by atoms with Gasteiger partial charge >= 0.3 is 5.97 Å². The molecule has 0 aliphatic carbocycles. The Kier molecular flexibility index (Phi) is 7.05. The maximum atomic E-state index is 15.3. The van der Waals surface area contributed by atoms with Gasteiger partial charge in [0.2, 0.25) is 16.5 Å². The lowest BCUT2D eigenvalue weighted by Crippen LogP contribution is -2.51. The Labute approximate surface area is 236 Å². The van der Waals surface area contributed by atoms with E-state index in [4.69, 9.17) is 9.47 Å². The molecule has 0 saturated carbocycles. The number of nitrogens with zero attached hydrogens (tertiary/aromatic N) is 7. The summed E-state index contributed by atoms with van der Waals surface area (Å²) in [4.78, 5) is 54.4. The lowest BCUT2D eigenvalue weighted by atomic mass is 9.92. The number of aromatic carboxylic acids is 1. The van der Waals surface area contributed by atoms with Gasteiger partial charge in [0.05, 0.1) is 37.8 Å². The number of carbonyl (C=O) groups excluding carboxylic acids is 1. The first-order chi connectivity index (χ1) is 19.8. The van der Waals surface area contributed by atoms with Crippen molar-refractivity contribution < 1.29 is 28.6 Å². The van der Waals surface area contributed by atoms with E-state index in [1.54, 1.807) is 23.2 Å². The van der Waals surface area contributed by atoms with Crippen LogP contribution < -0.4 is 20.0 Å². The zero-order chi connectivity index (χ0) is 28.7. The van der Waals surface area contributed by atoms with Crippen molar-refractivity contribution in [1.82, 2.24) is 23.9 Å². The molecule has 6 heterocycles. The van der Waals surface area contributed by atoms with Crippen molar-refractivity contribution >= 4 is 46.1 Å². The van der Waals surface area contributed by atoms with E-state index >= 15 is 4.39 Å². The molecule has 4 aromatic rings. The van der Waals surface area contributed by atoms with Gasteiger partial charge in [0, 0.05) is 56.0 Å². The van der Waals surface area contributed by atoms with Gasteiger partial charge < -0.3 is 24.4 Å². The predicted molar refractivity (Wildman–Crippen MR) is 146 cm³/mol. The van der Waals surface area contributed by atoms with Crippen LogP contribution in [0, 0.1) is 11.7 Å². The molecule has 2 aliphatic rings. The number of ketones is 1. The average Bonchev–Trinajstić information content (AvgIpc) is 3.44. The van der Waals surface area contributed by atoms with E-state index in [0.717, 1.165) is 23.8 Å². The molecule has 2 saturated heterocycles. The van der Waals surface area contributed by atoms with Crippen LogP contribution in [-0.2, 0) is 16.0 Å². The topological polar surface area (TPSA) is 153 Å². The number of carboxylic acids is 1.